The van der Waals surface area contributed by atoms with Gasteiger partial charge in [-0.2, -0.15) is 0 Å². The molecule has 14 aromatic rings. The highest BCUT2D eigenvalue weighted by atomic mass is 31.0. The summed E-state index contributed by atoms with van der Waals surface area (Å²) in [7, 11) is 2.68. The van der Waals surface area contributed by atoms with Crippen LogP contribution in [0.15, 0.2) is 194 Å². The summed E-state index contributed by atoms with van der Waals surface area (Å²) in [5.41, 5.74) is 12.4. The molecule has 4 heteroatoms. The van der Waals surface area contributed by atoms with E-state index in [-0.39, 0.29) is 5.82 Å². The smallest absolute Gasteiger partial charge is 0.126 e. The molecule has 0 nitrogen and oxygen atoms in total. The molecule has 0 radical (unpaired) electrons. The Morgan fingerprint density at radius 1 is 0.250 bits per heavy atom. The van der Waals surface area contributed by atoms with Crippen molar-refractivity contribution in [3.05, 3.63) is 212 Å². The summed E-state index contributed by atoms with van der Waals surface area (Å²) >= 11 is 0. The lowest BCUT2D eigenvalue weighted by atomic mass is 9.82. The summed E-state index contributed by atoms with van der Waals surface area (Å²) in [5, 5.41) is 17.6. The minimum absolute atomic E-state index is 0.340. The molecule has 0 heterocycles. The van der Waals surface area contributed by atoms with E-state index in [9.17, 15) is 0 Å². The second-order valence-corrected chi connectivity index (χ2v) is 19.1. The van der Waals surface area contributed by atoms with Crippen molar-refractivity contribution < 1.29 is 13.2 Å². The molecule has 14 aromatic carbocycles. The zero-order valence-electron chi connectivity index (χ0n) is 36.2. The zero-order chi connectivity index (χ0) is 45.1. The third-order valence-corrected chi connectivity index (χ3v) is 15.2. The fraction of sp³-hybridized carbons (Fsp3) is 0. The Labute approximate surface area is 390 Å². The van der Waals surface area contributed by atoms with Crippen LogP contribution in [-0.2, 0) is 0 Å². The van der Waals surface area contributed by atoms with Gasteiger partial charge in [-0.15, -0.1) is 9.24 Å². The van der Waals surface area contributed by atoms with Crippen LogP contribution < -0.4 is 5.30 Å². The Hall–Kier alpha value is -8.10. The fourth-order valence-electron chi connectivity index (χ4n) is 12.5. The van der Waals surface area contributed by atoms with Crippen LogP contribution in [0.2, 0.25) is 0 Å². The van der Waals surface area contributed by atoms with Crippen molar-refractivity contribution in [2.75, 3.05) is 0 Å². The van der Waals surface area contributed by atoms with Gasteiger partial charge in [0.25, 0.3) is 0 Å². The Balaban J connectivity index is 1.15. The lowest BCUT2D eigenvalue weighted by Crippen LogP contribution is -1.96. The highest BCUT2D eigenvalue weighted by Crippen LogP contribution is 2.61. The first-order valence-electron chi connectivity index (χ1n) is 22.9. The van der Waals surface area contributed by atoms with E-state index in [1.165, 1.54) is 84.3 Å². The molecular formula is C64H34F3P. The van der Waals surface area contributed by atoms with Gasteiger partial charge in [0.05, 0.1) is 0 Å². The van der Waals surface area contributed by atoms with Crippen LogP contribution >= 0.6 is 9.24 Å². The number of benzene rings is 12. The van der Waals surface area contributed by atoms with Crippen LogP contribution in [0.1, 0.15) is 0 Å². The van der Waals surface area contributed by atoms with Crippen LogP contribution in [0.25, 0.3) is 153 Å². The molecule has 0 N–H and O–H groups in total. The molecule has 0 aromatic heterocycles. The molecular weight excluding hydrogens is 857 g/mol. The number of rotatable bonds is 4. The highest BCUT2D eigenvalue weighted by molar-refractivity contribution is 7.27. The van der Waals surface area contributed by atoms with Crippen molar-refractivity contribution >= 4 is 101 Å². The lowest BCUT2D eigenvalue weighted by Gasteiger charge is -2.20. The maximum atomic E-state index is 15.8. The zero-order valence-corrected chi connectivity index (χ0v) is 37.3. The lowest BCUT2D eigenvalue weighted by molar-refractivity contribution is 0.584. The quantitative estimate of drug-likeness (QED) is 0.154. The molecule has 15 rings (SSSR count). The van der Waals surface area contributed by atoms with Gasteiger partial charge >= 0.3 is 0 Å². The standard InChI is InChI=1S/C64H34F3P/c65-38-25-36(26-39(66)29-38)57-52-31-50-44-21-23-48-60-49(64-56(35-13-5-2-6-14-35)43-18-8-7-17-42(43)55(63(48)64)34-11-3-1-4-12-34)24-22-45(59(44)60)51(50)32-53(52)58(37-27-40(67)30-41(68)28-37)62-47-20-10-16-33-15-9-19-46(54(33)47)61(57)62/h1-32H,68H2. The molecule has 0 amide bonds. The number of hydrogen-bond donors (Lipinski definition) is 0. The molecule has 1 aliphatic carbocycles. The molecule has 0 spiro atoms. The third-order valence-electron chi connectivity index (χ3n) is 14.9. The van der Waals surface area contributed by atoms with Crippen LogP contribution in [0.4, 0.5) is 13.2 Å². The Morgan fingerprint density at radius 3 is 1.21 bits per heavy atom. The first kappa shape index (κ1) is 38.1. The Kier molecular flexibility index (Phi) is 7.69. The summed E-state index contributed by atoms with van der Waals surface area (Å²) < 4.78 is 47.0. The summed E-state index contributed by atoms with van der Waals surface area (Å²) in [4.78, 5) is 0. The predicted molar refractivity (Wildman–Crippen MR) is 284 cm³/mol. The molecule has 0 fully saturated rings. The van der Waals surface area contributed by atoms with Crippen LogP contribution in [0.3, 0.4) is 0 Å². The second kappa shape index (κ2) is 13.7. The first-order valence-corrected chi connectivity index (χ1v) is 23.5. The Bertz CT molecular complexity index is 4200. The minimum Gasteiger partial charge on any atom is -0.207 e. The monoisotopic (exact) mass is 890 g/mol. The van der Waals surface area contributed by atoms with Crippen molar-refractivity contribution in [2.24, 2.45) is 0 Å². The van der Waals surface area contributed by atoms with Gasteiger partial charge in [0.2, 0.25) is 0 Å². The van der Waals surface area contributed by atoms with E-state index in [1.54, 1.807) is 6.07 Å². The maximum Gasteiger partial charge on any atom is 0.126 e. The van der Waals surface area contributed by atoms with E-state index in [0.717, 1.165) is 92.7 Å². The fourth-order valence-corrected chi connectivity index (χ4v) is 12.8. The molecule has 68 heavy (non-hydrogen) atoms. The SMILES string of the molecule is Fc1cc(F)cc(-c2c3cc4c(cc3c(-c3cc(F)cc(P)c3)c3c5cccc6cccc(c23)c65)c2ccc3c5c(ccc4c52)-c2c-3c(-c3ccccc3)c3ccccc3c2-c2ccccc2)c1. The van der Waals surface area contributed by atoms with Crippen molar-refractivity contribution in [1.82, 2.24) is 0 Å². The van der Waals surface area contributed by atoms with Gasteiger partial charge in [-0.3, -0.25) is 0 Å². The molecule has 0 saturated heterocycles. The molecule has 1 atom stereocenters. The minimum atomic E-state index is -0.647. The summed E-state index contributed by atoms with van der Waals surface area (Å²) in [6.45, 7) is 0. The molecule has 0 saturated carbocycles. The molecule has 0 aliphatic heterocycles. The normalized spacial score (nSPS) is 12.4. The van der Waals surface area contributed by atoms with E-state index in [4.69, 9.17) is 0 Å². The van der Waals surface area contributed by atoms with Crippen molar-refractivity contribution in [3.63, 3.8) is 0 Å². The van der Waals surface area contributed by atoms with E-state index in [2.05, 4.69) is 161 Å². The first-order chi connectivity index (χ1) is 33.4. The van der Waals surface area contributed by atoms with Gasteiger partial charge in [0.15, 0.2) is 0 Å². The largest absolute Gasteiger partial charge is 0.207 e. The van der Waals surface area contributed by atoms with Gasteiger partial charge in [0, 0.05) is 6.07 Å². The average molecular weight is 891 g/mol. The maximum absolute atomic E-state index is 15.8. The molecule has 1 unspecified atom stereocenters. The van der Waals surface area contributed by atoms with Crippen LogP contribution in [0.5, 0.6) is 0 Å². The number of fused-ring (bicyclic) bond motifs is 11. The number of halogens is 3. The Morgan fingerprint density at radius 2 is 0.706 bits per heavy atom. The van der Waals surface area contributed by atoms with Gasteiger partial charge in [-0.1, -0.05) is 146 Å². The molecule has 316 valence electrons. The summed E-state index contributed by atoms with van der Waals surface area (Å²) in [5.74, 6) is -1.63. The average Bonchev–Trinajstić information content (AvgIpc) is 3.97. The van der Waals surface area contributed by atoms with Crippen molar-refractivity contribution in [3.8, 4) is 66.8 Å². The van der Waals surface area contributed by atoms with Crippen LogP contribution in [-0.4, -0.2) is 0 Å². The third kappa shape index (κ3) is 5.04. The highest BCUT2D eigenvalue weighted by Gasteiger charge is 2.33. The topological polar surface area (TPSA) is 0 Å². The van der Waals surface area contributed by atoms with Gasteiger partial charge < -0.3 is 0 Å². The van der Waals surface area contributed by atoms with E-state index < -0.39 is 11.6 Å². The molecule has 1 aliphatic rings. The van der Waals surface area contributed by atoms with Crippen molar-refractivity contribution in [1.29, 1.82) is 0 Å². The van der Waals surface area contributed by atoms with E-state index >= 15 is 13.2 Å². The number of hydrogen-bond acceptors (Lipinski definition) is 0. The van der Waals surface area contributed by atoms with E-state index in [1.807, 2.05) is 12.1 Å². The summed E-state index contributed by atoms with van der Waals surface area (Å²) in [6, 6.07) is 65.6. The van der Waals surface area contributed by atoms with E-state index in [0.29, 0.717) is 5.56 Å². The van der Waals surface area contributed by atoms with Crippen LogP contribution in [0, 0.1) is 17.5 Å². The van der Waals surface area contributed by atoms with Gasteiger partial charge in [-0.05, 0) is 201 Å². The predicted octanol–water partition coefficient (Wildman–Crippen LogP) is 18.0. The van der Waals surface area contributed by atoms with Gasteiger partial charge in [-0.25, -0.2) is 13.2 Å². The van der Waals surface area contributed by atoms with Crippen molar-refractivity contribution in [2.45, 2.75) is 0 Å². The molecule has 0 bridgehead atoms. The van der Waals surface area contributed by atoms with Gasteiger partial charge in [0.1, 0.15) is 17.5 Å². The summed E-state index contributed by atoms with van der Waals surface area (Å²) in [6.07, 6.45) is 0. The second-order valence-electron chi connectivity index (χ2n) is 18.4.